The van der Waals surface area contributed by atoms with Gasteiger partial charge in [0.2, 0.25) is 11.8 Å². The Morgan fingerprint density at radius 1 is 1.16 bits per heavy atom. The molecule has 2 aromatic rings. The van der Waals surface area contributed by atoms with Crippen LogP contribution in [-0.2, 0) is 16.0 Å². The van der Waals surface area contributed by atoms with Gasteiger partial charge in [-0.1, -0.05) is 31.2 Å². The number of nitrogens with one attached hydrogen (secondary N) is 1. The maximum Gasteiger partial charge on any atom is 0.229 e. The molecule has 3 rings (SSSR count). The van der Waals surface area contributed by atoms with E-state index in [9.17, 15) is 9.59 Å². The number of aryl methyl sites for hydroxylation is 2. The van der Waals surface area contributed by atoms with E-state index in [1.807, 2.05) is 56.3 Å². The summed E-state index contributed by atoms with van der Waals surface area (Å²) in [5, 5.41) is 2.94. The predicted molar refractivity (Wildman–Crippen MR) is 101 cm³/mol. The van der Waals surface area contributed by atoms with Crippen LogP contribution in [-0.4, -0.2) is 18.4 Å². The normalized spacial score (nSPS) is 17.0. The third kappa shape index (κ3) is 3.58. The summed E-state index contributed by atoms with van der Waals surface area (Å²) in [6.07, 6.45) is 1.22. The summed E-state index contributed by atoms with van der Waals surface area (Å²) in [7, 11) is 0. The molecule has 130 valence electrons. The molecule has 0 spiro atoms. The van der Waals surface area contributed by atoms with E-state index in [0.29, 0.717) is 6.54 Å². The zero-order chi connectivity index (χ0) is 18.0. The molecule has 25 heavy (non-hydrogen) atoms. The molecule has 1 saturated heterocycles. The van der Waals surface area contributed by atoms with Crippen LogP contribution in [0.15, 0.2) is 42.5 Å². The Labute approximate surface area is 148 Å². The van der Waals surface area contributed by atoms with Crippen LogP contribution in [0.3, 0.4) is 0 Å². The summed E-state index contributed by atoms with van der Waals surface area (Å²) in [5.74, 6) is -0.404. The van der Waals surface area contributed by atoms with Crippen molar-refractivity contribution in [3.05, 3.63) is 59.2 Å². The Kier molecular flexibility index (Phi) is 4.88. The van der Waals surface area contributed by atoms with Crippen LogP contribution in [0, 0.1) is 19.8 Å². The second-order valence-electron chi connectivity index (χ2n) is 6.66. The highest BCUT2D eigenvalue weighted by Gasteiger charge is 2.35. The van der Waals surface area contributed by atoms with Crippen molar-refractivity contribution < 1.29 is 9.59 Å². The summed E-state index contributed by atoms with van der Waals surface area (Å²) < 4.78 is 0. The fraction of sp³-hybridized carbons (Fsp3) is 0.333. The summed E-state index contributed by atoms with van der Waals surface area (Å²) in [4.78, 5) is 26.7. The molecule has 0 aromatic heterocycles. The molecule has 2 aromatic carbocycles. The summed E-state index contributed by atoms with van der Waals surface area (Å²) in [5.41, 5.74) is 5.16. The molecule has 4 heteroatoms. The average molecular weight is 336 g/mol. The van der Waals surface area contributed by atoms with Gasteiger partial charge in [0.05, 0.1) is 5.92 Å². The average Bonchev–Trinajstić information content (AvgIpc) is 3.00. The molecular weight excluding hydrogens is 312 g/mol. The van der Waals surface area contributed by atoms with Crippen molar-refractivity contribution >= 4 is 23.2 Å². The number of amides is 2. The van der Waals surface area contributed by atoms with Crippen LogP contribution in [0.4, 0.5) is 11.4 Å². The molecule has 0 aliphatic carbocycles. The van der Waals surface area contributed by atoms with Crippen LogP contribution in [0.2, 0.25) is 0 Å². The number of rotatable bonds is 4. The van der Waals surface area contributed by atoms with Gasteiger partial charge in [-0.2, -0.15) is 0 Å². The van der Waals surface area contributed by atoms with Crippen molar-refractivity contribution in [2.45, 2.75) is 33.6 Å². The maximum absolute atomic E-state index is 12.6. The first kappa shape index (κ1) is 17.2. The van der Waals surface area contributed by atoms with Crippen LogP contribution >= 0.6 is 0 Å². The molecule has 0 saturated carbocycles. The quantitative estimate of drug-likeness (QED) is 0.922. The van der Waals surface area contributed by atoms with Crippen LogP contribution in [0.25, 0.3) is 0 Å². The first-order valence-electron chi connectivity index (χ1n) is 8.76. The second-order valence-corrected chi connectivity index (χ2v) is 6.66. The second kappa shape index (κ2) is 7.09. The first-order valence-corrected chi connectivity index (χ1v) is 8.76. The third-order valence-corrected chi connectivity index (χ3v) is 4.99. The molecule has 1 heterocycles. The molecule has 1 aliphatic heterocycles. The highest BCUT2D eigenvalue weighted by atomic mass is 16.2. The van der Waals surface area contributed by atoms with Gasteiger partial charge in [-0.15, -0.1) is 0 Å². The van der Waals surface area contributed by atoms with E-state index in [2.05, 4.69) is 12.2 Å². The number of nitrogens with zero attached hydrogens (tertiary/aromatic N) is 1. The lowest BCUT2D eigenvalue weighted by Crippen LogP contribution is -2.28. The number of hydrogen-bond donors (Lipinski definition) is 1. The topological polar surface area (TPSA) is 49.4 Å². The molecular formula is C21H24N2O2. The highest BCUT2D eigenvalue weighted by molar-refractivity contribution is 6.03. The number of carbonyl (C=O) groups is 2. The zero-order valence-corrected chi connectivity index (χ0v) is 15.0. The molecule has 1 N–H and O–H groups in total. The van der Waals surface area contributed by atoms with Crippen molar-refractivity contribution in [2.75, 3.05) is 16.8 Å². The van der Waals surface area contributed by atoms with E-state index in [-0.39, 0.29) is 24.2 Å². The van der Waals surface area contributed by atoms with Gasteiger partial charge < -0.3 is 10.2 Å². The number of benzene rings is 2. The van der Waals surface area contributed by atoms with Gasteiger partial charge in [-0.3, -0.25) is 9.59 Å². The fourth-order valence-corrected chi connectivity index (χ4v) is 3.21. The van der Waals surface area contributed by atoms with E-state index in [1.54, 1.807) is 4.90 Å². The highest BCUT2D eigenvalue weighted by Crippen LogP contribution is 2.30. The molecule has 1 atom stereocenters. The Bertz CT molecular complexity index is 796. The fourth-order valence-electron chi connectivity index (χ4n) is 3.21. The van der Waals surface area contributed by atoms with Gasteiger partial charge in [0, 0.05) is 24.3 Å². The first-order chi connectivity index (χ1) is 12.0. The van der Waals surface area contributed by atoms with Crippen LogP contribution in [0.1, 0.15) is 30.0 Å². The van der Waals surface area contributed by atoms with Crippen LogP contribution in [0.5, 0.6) is 0 Å². The largest absolute Gasteiger partial charge is 0.326 e. The van der Waals surface area contributed by atoms with Crippen molar-refractivity contribution in [1.29, 1.82) is 0 Å². The van der Waals surface area contributed by atoms with Gasteiger partial charge >= 0.3 is 0 Å². The minimum Gasteiger partial charge on any atom is -0.326 e. The monoisotopic (exact) mass is 336 g/mol. The van der Waals surface area contributed by atoms with E-state index >= 15 is 0 Å². The van der Waals surface area contributed by atoms with E-state index in [0.717, 1.165) is 28.9 Å². The lowest BCUT2D eigenvalue weighted by Gasteiger charge is -2.20. The number of hydrogen-bond acceptors (Lipinski definition) is 2. The Morgan fingerprint density at radius 2 is 1.88 bits per heavy atom. The predicted octanol–water partition coefficient (Wildman–Crippen LogP) is 3.86. The number of anilines is 2. The molecule has 2 amide bonds. The van der Waals surface area contributed by atoms with Crippen molar-refractivity contribution in [1.82, 2.24) is 0 Å². The standard InChI is InChI=1S/C21H24N2O2/c1-4-16-8-10-18(11-9-16)22-21(25)17-12-20(24)23(13-17)19-7-5-6-14(2)15(19)3/h5-11,17H,4,12-13H2,1-3H3,(H,22,25). The van der Waals surface area contributed by atoms with Crippen molar-refractivity contribution in [3.8, 4) is 0 Å². The summed E-state index contributed by atoms with van der Waals surface area (Å²) >= 11 is 0. The summed E-state index contributed by atoms with van der Waals surface area (Å²) in [6.45, 7) is 6.58. The molecule has 4 nitrogen and oxygen atoms in total. The van der Waals surface area contributed by atoms with E-state index < -0.39 is 0 Å². The molecule has 1 fully saturated rings. The Hall–Kier alpha value is -2.62. The zero-order valence-electron chi connectivity index (χ0n) is 15.0. The van der Waals surface area contributed by atoms with Gasteiger partial charge in [0.25, 0.3) is 0 Å². The van der Waals surface area contributed by atoms with E-state index in [1.165, 1.54) is 5.56 Å². The lowest BCUT2D eigenvalue weighted by molar-refractivity contribution is -0.122. The molecule has 0 radical (unpaired) electrons. The van der Waals surface area contributed by atoms with Gasteiger partial charge in [0.1, 0.15) is 0 Å². The van der Waals surface area contributed by atoms with Gasteiger partial charge in [0.15, 0.2) is 0 Å². The smallest absolute Gasteiger partial charge is 0.229 e. The van der Waals surface area contributed by atoms with Gasteiger partial charge in [-0.25, -0.2) is 0 Å². The summed E-state index contributed by atoms with van der Waals surface area (Å²) in [6, 6.07) is 13.8. The molecule has 0 bridgehead atoms. The van der Waals surface area contributed by atoms with Crippen LogP contribution < -0.4 is 10.2 Å². The minimum atomic E-state index is -0.321. The minimum absolute atomic E-state index is 0.00943. The molecule has 1 unspecified atom stereocenters. The van der Waals surface area contributed by atoms with Crippen molar-refractivity contribution in [2.24, 2.45) is 5.92 Å². The van der Waals surface area contributed by atoms with Gasteiger partial charge in [-0.05, 0) is 55.2 Å². The Morgan fingerprint density at radius 3 is 2.56 bits per heavy atom. The SMILES string of the molecule is CCc1ccc(NC(=O)C2CC(=O)N(c3cccc(C)c3C)C2)cc1. The number of carbonyl (C=O) groups excluding carboxylic acids is 2. The molecule has 1 aliphatic rings. The maximum atomic E-state index is 12.6. The lowest BCUT2D eigenvalue weighted by atomic mass is 10.1. The third-order valence-electron chi connectivity index (χ3n) is 4.99. The Balaban J connectivity index is 1.71. The van der Waals surface area contributed by atoms with E-state index in [4.69, 9.17) is 0 Å². The van der Waals surface area contributed by atoms with Crippen molar-refractivity contribution in [3.63, 3.8) is 0 Å².